The van der Waals surface area contributed by atoms with Crippen LogP contribution in [0.25, 0.3) is 0 Å². The molecule has 0 amide bonds. The predicted molar refractivity (Wildman–Crippen MR) is 72.8 cm³/mol. The topological polar surface area (TPSA) is 105 Å². The summed E-state index contributed by atoms with van der Waals surface area (Å²) in [7, 11) is 1.25. The Labute approximate surface area is 122 Å². The molecule has 1 aromatic carbocycles. The summed E-state index contributed by atoms with van der Waals surface area (Å²) in [5.74, 6) is -1.44. The van der Waals surface area contributed by atoms with Crippen LogP contribution in [0.15, 0.2) is 18.2 Å². The monoisotopic (exact) mass is 295 g/mol. The first-order valence-corrected chi connectivity index (χ1v) is 6.16. The Morgan fingerprint density at radius 1 is 1.10 bits per heavy atom. The van der Waals surface area contributed by atoms with Gasteiger partial charge in [0, 0.05) is 13.8 Å². The fourth-order valence-corrected chi connectivity index (χ4v) is 1.64. The van der Waals surface area contributed by atoms with E-state index in [0.717, 1.165) is 0 Å². The zero-order chi connectivity index (χ0) is 16.0. The van der Waals surface area contributed by atoms with E-state index in [1.807, 2.05) is 0 Å². The zero-order valence-corrected chi connectivity index (χ0v) is 12.0. The molecule has 2 N–H and O–H groups in total. The smallest absolute Gasteiger partial charge is 0.322 e. The second-order valence-electron chi connectivity index (χ2n) is 4.30. The molecule has 7 nitrogen and oxygen atoms in total. The molecule has 1 rings (SSSR count). The number of nitrogens with two attached hydrogens (primary N) is 1. The van der Waals surface area contributed by atoms with Gasteiger partial charge in [-0.15, -0.1) is 0 Å². The highest BCUT2D eigenvalue weighted by Gasteiger charge is 2.17. The van der Waals surface area contributed by atoms with Crippen LogP contribution in [0.2, 0.25) is 0 Å². The number of hydrogen-bond acceptors (Lipinski definition) is 7. The minimum atomic E-state index is -0.834. The lowest BCUT2D eigenvalue weighted by Crippen LogP contribution is -2.33. The van der Waals surface area contributed by atoms with E-state index in [0.29, 0.717) is 5.56 Å². The van der Waals surface area contributed by atoms with Crippen molar-refractivity contribution < 1.29 is 28.6 Å². The molecule has 0 bridgehead atoms. The van der Waals surface area contributed by atoms with E-state index >= 15 is 0 Å². The number of methoxy groups -OCH3 is 1. The first-order valence-electron chi connectivity index (χ1n) is 6.16. The van der Waals surface area contributed by atoms with Gasteiger partial charge in [-0.25, -0.2) is 0 Å². The summed E-state index contributed by atoms with van der Waals surface area (Å²) in [5.41, 5.74) is 6.30. The third kappa shape index (κ3) is 5.23. The maximum absolute atomic E-state index is 11.3. The zero-order valence-electron chi connectivity index (χ0n) is 12.0. The Hall–Kier alpha value is -2.41. The minimum Gasteiger partial charge on any atom is -0.468 e. The van der Waals surface area contributed by atoms with Gasteiger partial charge in [-0.3, -0.25) is 14.4 Å². The summed E-state index contributed by atoms with van der Waals surface area (Å²) in [4.78, 5) is 33.4. The van der Waals surface area contributed by atoms with Crippen LogP contribution in [0.3, 0.4) is 0 Å². The highest BCUT2D eigenvalue weighted by molar-refractivity contribution is 5.76. The Balaban J connectivity index is 3.00. The molecule has 0 saturated carbocycles. The predicted octanol–water partition coefficient (Wildman–Crippen LogP) is 0.580. The van der Waals surface area contributed by atoms with Crippen molar-refractivity contribution in [3.8, 4) is 11.5 Å². The summed E-state index contributed by atoms with van der Waals surface area (Å²) in [6.07, 6.45) is 0.196. The van der Waals surface area contributed by atoms with Gasteiger partial charge < -0.3 is 19.9 Å². The molecule has 0 fully saturated rings. The molecule has 0 aromatic heterocycles. The van der Waals surface area contributed by atoms with Gasteiger partial charge in [-0.05, 0) is 24.1 Å². The first kappa shape index (κ1) is 16.6. The molecular formula is C14H17NO6. The number of esters is 3. The van der Waals surface area contributed by atoms with Crippen LogP contribution >= 0.6 is 0 Å². The van der Waals surface area contributed by atoms with E-state index < -0.39 is 23.9 Å². The normalized spacial score (nSPS) is 11.4. The van der Waals surface area contributed by atoms with Crippen LogP contribution in [0.4, 0.5) is 0 Å². The van der Waals surface area contributed by atoms with Crippen molar-refractivity contribution in [2.45, 2.75) is 26.3 Å². The van der Waals surface area contributed by atoms with Crippen LogP contribution in [-0.2, 0) is 25.5 Å². The fourth-order valence-electron chi connectivity index (χ4n) is 1.64. The van der Waals surface area contributed by atoms with E-state index in [-0.39, 0.29) is 17.9 Å². The first-order chi connectivity index (χ1) is 9.83. The Bertz CT molecular complexity index is 554. The van der Waals surface area contributed by atoms with Crippen molar-refractivity contribution in [1.29, 1.82) is 0 Å². The summed E-state index contributed by atoms with van der Waals surface area (Å²) in [6.45, 7) is 2.46. The van der Waals surface area contributed by atoms with Crippen molar-refractivity contribution in [3.63, 3.8) is 0 Å². The lowest BCUT2D eigenvalue weighted by molar-refractivity contribution is -0.142. The average molecular weight is 295 g/mol. The molecule has 1 aromatic rings. The summed E-state index contributed by atoms with van der Waals surface area (Å²) in [6, 6.07) is 3.75. The van der Waals surface area contributed by atoms with Crippen LogP contribution in [0.5, 0.6) is 11.5 Å². The largest absolute Gasteiger partial charge is 0.468 e. The van der Waals surface area contributed by atoms with Crippen LogP contribution in [0.1, 0.15) is 19.4 Å². The van der Waals surface area contributed by atoms with E-state index in [1.165, 1.54) is 33.1 Å². The lowest BCUT2D eigenvalue weighted by atomic mass is 10.1. The van der Waals surface area contributed by atoms with Crippen molar-refractivity contribution in [2.75, 3.05) is 7.11 Å². The lowest BCUT2D eigenvalue weighted by Gasteiger charge is -2.12. The standard InChI is InChI=1S/C14H17NO6/c1-8(16)20-12-5-4-10(6-11(15)14(18)19-3)7-13(12)21-9(2)17/h4-5,7,11H,6,15H2,1-3H3/t11-/m0/s1. The molecule has 114 valence electrons. The highest BCUT2D eigenvalue weighted by Crippen LogP contribution is 2.29. The van der Waals surface area contributed by atoms with E-state index in [4.69, 9.17) is 15.2 Å². The Morgan fingerprint density at radius 3 is 2.19 bits per heavy atom. The molecular weight excluding hydrogens is 278 g/mol. The molecule has 0 unspecified atom stereocenters. The second kappa shape index (κ2) is 7.39. The van der Waals surface area contributed by atoms with E-state index in [9.17, 15) is 14.4 Å². The molecule has 21 heavy (non-hydrogen) atoms. The third-order valence-electron chi connectivity index (χ3n) is 2.48. The molecule has 7 heteroatoms. The number of rotatable bonds is 5. The van der Waals surface area contributed by atoms with Gasteiger partial charge in [0.15, 0.2) is 11.5 Å². The SMILES string of the molecule is COC(=O)[C@@H](N)Cc1ccc(OC(C)=O)c(OC(C)=O)c1. The van der Waals surface area contributed by atoms with Crippen molar-refractivity contribution in [2.24, 2.45) is 5.73 Å². The van der Waals surface area contributed by atoms with Crippen LogP contribution < -0.4 is 15.2 Å². The highest BCUT2D eigenvalue weighted by atomic mass is 16.6. The number of carbonyl (C=O) groups excluding carboxylic acids is 3. The molecule has 0 aliphatic carbocycles. The van der Waals surface area contributed by atoms with Crippen molar-refractivity contribution >= 4 is 17.9 Å². The maximum Gasteiger partial charge on any atom is 0.322 e. The molecule has 0 saturated heterocycles. The van der Waals surface area contributed by atoms with Gasteiger partial charge in [0.25, 0.3) is 0 Å². The van der Waals surface area contributed by atoms with Crippen LogP contribution in [-0.4, -0.2) is 31.1 Å². The number of carbonyl (C=O) groups is 3. The number of hydrogen-bond donors (Lipinski definition) is 1. The van der Waals surface area contributed by atoms with Gasteiger partial charge in [-0.2, -0.15) is 0 Å². The Kier molecular flexibility index (Phi) is 5.86. The quantitative estimate of drug-likeness (QED) is 0.625. The second-order valence-corrected chi connectivity index (χ2v) is 4.30. The van der Waals surface area contributed by atoms with Gasteiger partial charge in [0.05, 0.1) is 7.11 Å². The van der Waals surface area contributed by atoms with Crippen molar-refractivity contribution in [1.82, 2.24) is 0 Å². The average Bonchev–Trinajstić information content (AvgIpc) is 2.39. The van der Waals surface area contributed by atoms with E-state index in [1.54, 1.807) is 6.07 Å². The summed E-state index contributed by atoms with van der Waals surface area (Å²) < 4.78 is 14.5. The van der Waals surface area contributed by atoms with Gasteiger partial charge in [0.1, 0.15) is 6.04 Å². The molecule has 0 aliphatic rings. The molecule has 0 heterocycles. The van der Waals surface area contributed by atoms with E-state index in [2.05, 4.69) is 4.74 Å². The van der Waals surface area contributed by atoms with Gasteiger partial charge in [0.2, 0.25) is 0 Å². The van der Waals surface area contributed by atoms with Gasteiger partial charge in [-0.1, -0.05) is 6.07 Å². The molecule has 1 atom stereocenters. The van der Waals surface area contributed by atoms with Crippen molar-refractivity contribution in [3.05, 3.63) is 23.8 Å². The summed E-state index contributed by atoms with van der Waals surface area (Å²) in [5, 5.41) is 0. The third-order valence-corrected chi connectivity index (χ3v) is 2.48. The summed E-state index contributed by atoms with van der Waals surface area (Å²) >= 11 is 0. The van der Waals surface area contributed by atoms with Crippen LogP contribution in [0, 0.1) is 0 Å². The minimum absolute atomic E-state index is 0.0901. The van der Waals surface area contributed by atoms with Gasteiger partial charge >= 0.3 is 17.9 Å². The number of benzene rings is 1. The maximum atomic E-state index is 11.3. The fraction of sp³-hybridized carbons (Fsp3) is 0.357. The number of ether oxygens (including phenoxy) is 3. The Morgan fingerprint density at radius 2 is 1.67 bits per heavy atom. The molecule has 0 aliphatic heterocycles. The molecule has 0 radical (unpaired) electrons. The molecule has 0 spiro atoms.